The van der Waals surface area contributed by atoms with E-state index >= 15 is 0 Å². The van der Waals surface area contributed by atoms with Crippen molar-refractivity contribution >= 4 is 23.5 Å². The second-order valence-electron chi connectivity index (χ2n) is 5.63. The van der Waals surface area contributed by atoms with Crippen LogP contribution in [0.15, 0.2) is 24.3 Å². The molecule has 2 atom stereocenters. The van der Waals surface area contributed by atoms with Crippen LogP contribution < -0.4 is 10.6 Å². The van der Waals surface area contributed by atoms with Crippen molar-refractivity contribution in [1.82, 2.24) is 10.2 Å². The number of hydrogen-bond donors (Lipinski definition) is 3. The van der Waals surface area contributed by atoms with Gasteiger partial charge in [0.25, 0.3) is 0 Å². The van der Waals surface area contributed by atoms with Crippen LogP contribution in [0.3, 0.4) is 0 Å². The molecule has 0 bridgehead atoms. The van der Waals surface area contributed by atoms with Gasteiger partial charge in [0.2, 0.25) is 11.8 Å². The second kappa shape index (κ2) is 6.60. The molecule has 1 heterocycles. The van der Waals surface area contributed by atoms with E-state index in [2.05, 4.69) is 10.6 Å². The predicted molar refractivity (Wildman–Crippen MR) is 85.4 cm³/mol. The van der Waals surface area contributed by atoms with Gasteiger partial charge in [0.15, 0.2) is 5.96 Å². The largest absolute Gasteiger partial charge is 0.326 e. The molecule has 0 fully saturated rings. The molecule has 3 N–H and O–H groups in total. The van der Waals surface area contributed by atoms with Crippen molar-refractivity contribution < 1.29 is 9.59 Å². The van der Waals surface area contributed by atoms with Crippen LogP contribution in [0.5, 0.6) is 0 Å². The third-order valence-electron chi connectivity index (χ3n) is 3.98. The van der Waals surface area contributed by atoms with Crippen LogP contribution in [0.4, 0.5) is 5.69 Å². The highest BCUT2D eigenvalue weighted by Crippen LogP contribution is 2.26. The summed E-state index contributed by atoms with van der Waals surface area (Å²) in [5.41, 5.74) is 1.69. The molecular weight excluding hydrogens is 280 g/mol. The Morgan fingerprint density at radius 1 is 1.50 bits per heavy atom. The summed E-state index contributed by atoms with van der Waals surface area (Å²) in [6.45, 7) is 5.76. The Morgan fingerprint density at radius 2 is 2.18 bits per heavy atom. The maximum atomic E-state index is 12.6. The van der Waals surface area contributed by atoms with Crippen LogP contribution in [0.2, 0.25) is 0 Å². The lowest BCUT2D eigenvalue weighted by atomic mass is 9.97. The molecule has 6 nitrogen and oxygen atoms in total. The average molecular weight is 302 g/mol. The minimum absolute atomic E-state index is 0.0374. The van der Waals surface area contributed by atoms with Gasteiger partial charge in [0, 0.05) is 19.2 Å². The van der Waals surface area contributed by atoms with Gasteiger partial charge < -0.3 is 10.2 Å². The quantitative estimate of drug-likeness (QED) is 0.576. The second-order valence-corrected chi connectivity index (χ2v) is 5.63. The molecule has 1 aliphatic heterocycles. The first kappa shape index (κ1) is 16.0. The Labute approximate surface area is 130 Å². The van der Waals surface area contributed by atoms with Gasteiger partial charge in [-0.2, -0.15) is 0 Å². The Kier molecular flexibility index (Phi) is 4.80. The van der Waals surface area contributed by atoms with Crippen molar-refractivity contribution in [3.05, 3.63) is 29.8 Å². The molecule has 118 valence electrons. The molecule has 0 aliphatic carbocycles. The van der Waals surface area contributed by atoms with Crippen molar-refractivity contribution in [2.45, 2.75) is 39.8 Å². The first-order valence-corrected chi connectivity index (χ1v) is 7.45. The number of amides is 2. The third-order valence-corrected chi connectivity index (χ3v) is 3.98. The monoisotopic (exact) mass is 302 g/mol. The lowest BCUT2D eigenvalue weighted by molar-refractivity contribution is -0.122. The van der Waals surface area contributed by atoms with E-state index in [1.807, 2.05) is 38.1 Å². The van der Waals surface area contributed by atoms with Crippen molar-refractivity contribution in [1.29, 1.82) is 5.41 Å². The Hall–Kier alpha value is -2.37. The molecule has 2 amide bonds. The molecule has 1 aromatic carbocycles. The van der Waals surface area contributed by atoms with Crippen molar-refractivity contribution in [3.63, 3.8) is 0 Å². The fourth-order valence-corrected chi connectivity index (χ4v) is 2.66. The number of hydrogen-bond acceptors (Lipinski definition) is 3. The summed E-state index contributed by atoms with van der Waals surface area (Å²) in [4.78, 5) is 25.6. The number of fused-ring (bicyclic) bond motifs is 1. The lowest BCUT2D eigenvalue weighted by Gasteiger charge is -2.33. The number of benzene rings is 1. The normalized spacial score (nSPS) is 18.8. The van der Waals surface area contributed by atoms with Crippen LogP contribution in [0.25, 0.3) is 0 Å². The molecule has 1 aliphatic rings. The van der Waals surface area contributed by atoms with E-state index in [4.69, 9.17) is 5.41 Å². The van der Waals surface area contributed by atoms with Crippen molar-refractivity contribution in [2.75, 3.05) is 5.32 Å². The first-order chi connectivity index (χ1) is 10.4. The number of anilines is 1. The topological polar surface area (TPSA) is 85.3 Å². The van der Waals surface area contributed by atoms with Gasteiger partial charge in [-0.15, -0.1) is 0 Å². The zero-order chi connectivity index (χ0) is 16.3. The van der Waals surface area contributed by atoms with Crippen LogP contribution in [0, 0.1) is 11.3 Å². The fraction of sp³-hybridized carbons (Fsp3) is 0.438. The third kappa shape index (κ3) is 3.27. The van der Waals surface area contributed by atoms with E-state index in [-0.39, 0.29) is 23.7 Å². The highest BCUT2D eigenvalue weighted by molar-refractivity contribution is 6.01. The van der Waals surface area contributed by atoms with Gasteiger partial charge in [-0.05, 0) is 17.5 Å². The molecule has 0 unspecified atom stereocenters. The summed E-state index contributed by atoms with van der Waals surface area (Å²) in [6, 6.07) is 7.05. The number of carbonyl (C=O) groups is 2. The van der Waals surface area contributed by atoms with Gasteiger partial charge in [-0.1, -0.05) is 38.5 Å². The molecule has 0 aromatic heterocycles. The van der Waals surface area contributed by atoms with Crippen LogP contribution in [0.1, 0.15) is 32.8 Å². The number of para-hydroxylation sites is 1. The minimum atomic E-state index is -0.489. The smallest absolute Gasteiger partial charge is 0.247 e. The Bertz CT molecular complexity index is 600. The molecule has 0 radical (unpaired) electrons. The van der Waals surface area contributed by atoms with Gasteiger partial charge in [0.1, 0.15) is 6.04 Å². The Balaban J connectivity index is 2.41. The number of guanidine groups is 1. The Morgan fingerprint density at radius 3 is 2.82 bits per heavy atom. The molecular formula is C16H22N4O2. The van der Waals surface area contributed by atoms with E-state index in [0.717, 1.165) is 17.7 Å². The van der Waals surface area contributed by atoms with Gasteiger partial charge in [-0.25, -0.2) is 0 Å². The summed E-state index contributed by atoms with van der Waals surface area (Å²) < 4.78 is 0. The number of nitrogens with one attached hydrogen (secondary N) is 3. The SMILES string of the molecule is CC[C@H](C)[C@H]1C(=O)Nc2ccccc2CN1C(=N)NC(C)=O. The summed E-state index contributed by atoms with van der Waals surface area (Å²) in [7, 11) is 0. The number of nitrogens with zero attached hydrogens (tertiary/aromatic N) is 1. The molecule has 22 heavy (non-hydrogen) atoms. The zero-order valence-corrected chi connectivity index (χ0v) is 13.1. The predicted octanol–water partition coefficient (Wildman–Crippen LogP) is 1.93. The minimum Gasteiger partial charge on any atom is -0.326 e. The summed E-state index contributed by atoms with van der Waals surface area (Å²) in [6.07, 6.45) is 0.804. The van der Waals surface area contributed by atoms with Gasteiger partial charge in [0.05, 0.1) is 0 Å². The zero-order valence-electron chi connectivity index (χ0n) is 13.1. The molecule has 1 aromatic rings. The maximum absolute atomic E-state index is 12.6. The van der Waals surface area contributed by atoms with E-state index in [9.17, 15) is 9.59 Å². The van der Waals surface area contributed by atoms with Crippen molar-refractivity contribution in [2.24, 2.45) is 5.92 Å². The van der Waals surface area contributed by atoms with Crippen molar-refractivity contribution in [3.8, 4) is 0 Å². The summed E-state index contributed by atoms with van der Waals surface area (Å²) in [5.74, 6) is -0.437. The highest BCUT2D eigenvalue weighted by Gasteiger charge is 2.35. The van der Waals surface area contributed by atoms with Gasteiger partial charge in [-0.3, -0.25) is 20.3 Å². The van der Waals surface area contributed by atoms with Crippen LogP contribution in [-0.2, 0) is 16.1 Å². The lowest BCUT2D eigenvalue weighted by Crippen LogP contribution is -2.53. The van der Waals surface area contributed by atoms with Gasteiger partial charge >= 0.3 is 0 Å². The number of rotatable bonds is 2. The number of carbonyl (C=O) groups excluding carboxylic acids is 2. The van der Waals surface area contributed by atoms with Crippen LogP contribution >= 0.6 is 0 Å². The summed E-state index contributed by atoms with van der Waals surface area (Å²) >= 11 is 0. The molecule has 2 rings (SSSR count). The molecule has 0 saturated carbocycles. The van der Waals surface area contributed by atoms with E-state index < -0.39 is 6.04 Å². The van der Waals surface area contributed by atoms with E-state index in [1.165, 1.54) is 6.92 Å². The maximum Gasteiger partial charge on any atom is 0.247 e. The molecule has 0 saturated heterocycles. The highest BCUT2D eigenvalue weighted by atomic mass is 16.2. The fourth-order valence-electron chi connectivity index (χ4n) is 2.66. The standard InChI is InChI=1S/C16H22N4O2/c1-4-10(2)14-15(22)19-13-8-6-5-7-12(13)9-20(14)16(17)18-11(3)21/h5-8,10,14H,4,9H2,1-3H3,(H,19,22)(H2,17,18,21)/t10-,14-/m0/s1. The van der Waals surface area contributed by atoms with E-state index in [0.29, 0.717) is 6.54 Å². The molecule has 0 spiro atoms. The summed E-state index contributed by atoms with van der Waals surface area (Å²) in [5, 5.41) is 13.6. The first-order valence-electron chi connectivity index (χ1n) is 7.45. The van der Waals surface area contributed by atoms with Crippen LogP contribution in [-0.4, -0.2) is 28.7 Å². The molecule has 6 heteroatoms. The average Bonchev–Trinajstić information content (AvgIpc) is 2.61. The van der Waals surface area contributed by atoms with E-state index in [1.54, 1.807) is 4.90 Å².